The molecule has 3 aromatic rings. The van der Waals surface area contributed by atoms with Gasteiger partial charge in [-0.2, -0.15) is 0 Å². The van der Waals surface area contributed by atoms with E-state index in [1.54, 1.807) is 0 Å². The van der Waals surface area contributed by atoms with E-state index >= 15 is 0 Å². The fraction of sp³-hybridized carbons (Fsp3) is 0. The van der Waals surface area contributed by atoms with Gasteiger partial charge >= 0.3 is 6.98 Å². The Hall–Kier alpha value is -2.42. The van der Waals surface area contributed by atoms with Crippen LogP contribution in [0.5, 0.6) is 0 Å². The van der Waals surface area contributed by atoms with E-state index in [0.717, 1.165) is 0 Å². The Labute approximate surface area is 112 Å². The molecule has 0 unspecified atom stereocenters. The van der Waals surface area contributed by atoms with Gasteiger partial charge in [-0.25, -0.2) is 0 Å². The van der Waals surface area contributed by atoms with E-state index in [1.807, 2.05) is 6.07 Å². The van der Waals surface area contributed by atoms with Gasteiger partial charge in [0.2, 0.25) is 0 Å². The maximum absolute atomic E-state index is 3.57. The molecule has 1 aliphatic rings. The zero-order chi connectivity index (χ0) is 12.7. The monoisotopic (exact) mass is 244 g/mol. The first kappa shape index (κ1) is 10.5. The molecule has 1 heterocycles. The molecule has 2 nitrogen and oxygen atoms in total. The fourth-order valence-electron chi connectivity index (χ4n) is 2.74. The number of hydrogen-bond donors (Lipinski definition) is 2. The third-order valence-corrected chi connectivity index (χ3v) is 3.64. The smallest absolute Gasteiger partial charge is 0.405 e. The van der Waals surface area contributed by atoms with Crippen LogP contribution >= 0.6 is 0 Å². The van der Waals surface area contributed by atoms with Crippen LogP contribution in [0, 0.1) is 0 Å². The zero-order valence-electron chi connectivity index (χ0n) is 10.4. The van der Waals surface area contributed by atoms with Crippen molar-refractivity contribution in [2.45, 2.75) is 0 Å². The average molecular weight is 244 g/mol. The Bertz CT molecular complexity index is 699. The second kappa shape index (κ2) is 4.06. The number of benzene rings is 3. The van der Waals surface area contributed by atoms with Crippen LogP contribution in [0.3, 0.4) is 0 Å². The lowest BCUT2D eigenvalue weighted by atomic mass is 9.66. The van der Waals surface area contributed by atoms with Gasteiger partial charge in [-0.05, 0) is 23.0 Å². The molecule has 0 radical (unpaired) electrons. The first-order valence-corrected chi connectivity index (χ1v) is 6.51. The number of nitrogens with one attached hydrogen (secondary N) is 2. The van der Waals surface area contributed by atoms with Gasteiger partial charge < -0.3 is 10.5 Å². The lowest BCUT2D eigenvalue weighted by Gasteiger charge is -2.26. The van der Waals surface area contributed by atoms with E-state index in [2.05, 4.69) is 71.1 Å². The van der Waals surface area contributed by atoms with E-state index in [9.17, 15) is 0 Å². The first-order valence-electron chi connectivity index (χ1n) is 6.51. The summed E-state index contributed by atoms with van der Waals surface area (Å²) in [5.41, 5.74) is 3.63. The summed E-state index contributed by atoms with van der Waals surface area (Å²) >= 11 is 0. The highest BCUT2D eigenvalue weighted by Gasteiger charge is 2.24. The highest BCUT2D eigenvalue weighted by Crippen LogP contribution is 2.33. The van der Waals surface area contributed by atoms with E-state index in [4.69, 9.17) is 0 Å². The molecule has 0 atom stereocenters. The second-order valence-corrected chi connectivity index (χ2v) is 4.84. The third kappa shape index (κ3) is 1.66. The van der Waals surface area contributed by atoms with Crippen molar-refractivity contribution in [3.63, 3.8) is 0 Å². The van der Waals surface area contributed by atoms with Crippen LogP contribution < -0.4 is 15.9 Å². The molecular formula is C16H13BN2. The molecular weight excluding hydrogens is 231 g/mol. The summed E-state index contributed by atoms with van der Waals surface area (Å²) in [4.78, 5) is 0. The van der Waals surface area contributed by atoms with Crippen molar-refractivity contribution in [1.29, 1.82) is 0 Å². The molecule has 90 valence electrons. The molecule has 0 saturated heterocycles. The van der Waals surface area contributed by atoms with Crippen LogP contribution in [-0.2, 0) is 0 Å². The molecule has 19 heavy (non-hydrogen) atoms. The molecule has 0 aliphatic carbocycles. The molecule has 0 saturated carbocycles. The minimum Gasteiger partial charge on any atom is -0.405 e. The van der Waals surface area contributed by atoms with E-state index in [0.29, 0.717) is 0 Å². The van der Waals surface area contributed by atoms with Crippen molar-refractivity contribution in [2.24, 2.45) is 0 Å². The maximum Gasteiger partial charge on any atom is 0.406 e. The minimum absolute atomic E-state index is 0.127. The van der Waals surface area contributed by atoms with Crippen molar-refractivity contribution in [3.05, 3.63) is 66.7 Å². The van der Waals surface area contributed by atoms with Crippen molar-refractivity contribution >= 4 is 34.6 Å². The highest BCUT2D eigenvalue weighted by molar-refractivity contribution is 6.80. The molecule has 0 fully saturated rings. The molecule has 2 N–H and O–H groups in total. The van der Waals surface area contributed by atoms with Crippen molar-refractivity contribution in [2.75, 3.05) is 10.5 Å². The largest absolute Gasteiger partial charge is 0.406 e. The SMILES string of the molecule is c1ccc(B2Nc3cccc4cccc(c34)N2)cc1. The van der Waals surface area contributed by atoms with Crippen molar-refractivity contribution in [3.8, 4) is 0 Å². The normalized spacial score (nSPS) is 12.9. The minimum atomic E-state index is 0.127. The summed E-state index contributed by atoms with van der Waals surface area (Å²) in [6, 6.07) is 23.2. The summed E-state index contributed by atoms with van der Waals surface area (Å²) < 4.78 is 0. The zero-order valence-corrected chi connectivity index (χ0v) is 10.4. The topological polar surface area (TPSA) is 24.1 Å². The first-order chi connectivity index (χ1) is 9.42. The Balaban J connectivity index is 1.85. The molecule has 3 heteroatoms. The molecule has 0 aromatic heterocycles. The quantitative estimate of drug-likeness (QED) is 0.643. The predicted octanol–water partition coefficient (Wildman–Crippen LogP) is 3.07. The van der Waals surface area contributed by atoms with Crippen molar-refractivity contribution in [1.82, 2.24) is 0 Å². The lowest BCUT2D eigenvalue weighted by molar-refractivity contribution is 1.60. The Morgan fingerprint density at radius 1 is 0.632 bits per heavy atom. The number of anilines is 2. The third-order valence-electron chi connectivity index (χ3n) is 3.64. The molecule has 1 aliphatic heterocycles. The molecule has 0 amide bonds. The standard InChI is InChI=1S/C16H13BN2/c1-2-8-13(9-3-1)17-18-14-10-4-6-12-7-5-11-15(19-17)16(12)14/h1-11,18-19H. The van der Waals surface area contributed by atoms with Gasteiger partial charge in [0.05, 0.1) is 0 Å². The summed E-state index contributed by atoms with van der Waals surface area (Å²) in [6.45, 7) is 0.127. The molecule has 0 bridgehead atoms. The molecule has 0 spiro atoms. The van der Waals surface area contributed by atoms with Crippen LogP contribution in [0.4, 0.5) is 11.4 Å². The van der Waals surface area contributed by atoms with Crippen LogP contribution in [0.1, 0.15) is 0 Å². The predicted molar refractivity (Wildman–Crippen MR) is 83.0 cm³/mol. The fourth-order valence-corrected chi connectivity index (χ4v) is 2.74. The maximum atomic E-state index is 3.57. The summed E-state index contributed by atoms with van der Waals surface area (Å²) in [6.07, 6.45) is 0. The van der Waals surface area contributed by atoms with Gasteiger partial charge in [0.1, 0.15) is 0 Å². The van der Waals surface area contributed by atoms with Gasteiger partial charge in [0, 0.05) is 16.8 Å². The second-order valence-electron chi connectivity index (χ2n) is 4.84. The lowest BCUT2D eigenvalue weighted by Crippen LogP contribution is -2.47. The van der Waals surface area contributed by atoms with Gasteiger partial charge in [0.25, 0.3) is 0 Å². The Morgan fingerprint density at radius 2 is 1.26 bits per heavy atom. The van der Waals surface area contributed by atoms with Gasteiger partial charge in [-0.3, -0.25) is 0 Å². The van der Waals surface area contributed by atoms with Crippen LogP contribution in [-0.4, -0.2) is 6.98 Å². The summed E-state index contributed by atoms with van der Waals surface area (Å²) in [7, 11) is 0. The van der Waals surface area contributed by atoms with E-state index < -0.39 is 0 Å². The van der Waals surface area contributed by atoms with E-state index in [-0.39, 0.29) is 6.98 Å². The summed E-state index contributed by atoms with van der Waals surface area (Å²) in [5.74, 6) is 0. The van der Waals surface area contributed by atoms with Crippen LogP contribution in [0.25, 0.3) is 10.8 Å². The Morgan fingerprint density at radius 3 is 1.89 bits per heavy atom. The van der Waals surface area contributed by atoms with Gasteiger partial charge in [-0.1, -0.05) is 54.6 Å². The molecule has 3 aromatic carbocycles. The van der Waals surface area contributed by atoms with Gasteiger partial charge in [0.15, 0.2) is 0 Å². The number of rotatable bonds is 1. The summed E-state index contributed by atoms with van der Waals surface area (Å²) in [5, 5.41) is 9.67. The van der Waals surface area contributed by atoms with Crippen LogP contribution in [0.15, 0.2) is 66.7 Å². The van der Waals surface area contributed by atoms with Crippen LogP contribution in [0.2, 0.25) is 0 Å². The average Bonchev–Trinajstić information content (AvgIpc) is 2.49. The Kier molecular flexibility index (Phi) is 2.24. The van der Waals surface area contributed by atoms with Gasteiger partial charge in [-0.15, -0.1) is 0 Å². The van der Waals surface area contributed by atoms with Crippen molar-refractivity contribution < 1.29 is 0 Å². The van der Waals surface area contributed by atoms with E-state index in [1.165, 1.54) is 27.6 Å². The number of hydrogen-bond acceptors (Lipinski definition) is 2. The highest BCUT2D eigenvalue weighted by atomic mass is 15.0. The molecule has 4 rings (SSSR count).